The molecule has 3 fully saturated rings. The minimum Gasteiger partial charge on any atom is -0.382 e. The molecule has 5 rings (SSSR count). The lowest BCUT2D eigenvalue weighted by molar-refractivity contribution is 0.456. The molecule has 1 aromatic heterocycles. The smallest absolute Gasteiger partial charge is 0.153 e. The van der Waals surface area contributed by atoms with Crippen molar-refractivity contribution in [3.63, 3.8) is 0 Å². The van der Waals surface area contributed by atoms with E-state index in [2.05, 4.69) is 10.2 Å². The van der Waals surface area contributed by atoms with Crippen LogP contribution >= 0.6 is 11.6 Å². The van der Waals surface area contributed by atoms with Crippen molar-refractivity contribution in [1.82, 2.24) is 10.2 Å². The quantitative estimate of drug-likeness (QED) is 0.878. The lowest BCUT2D eigenvalue weighted by Gasteiger charge is -2.10. The van der Waals surface area contributed by atoms with Crippen LogP contribution in [0, 0.1) is 23.7 Å². The second-order valence-electron chi connectivity index (χ2n) is 6.89. The van der Waals surface area contributed by atoms with Crippen molar-refractivity contribution >= 4 is 17.4 Å². The number of aromatic nitrogens is 2. The standard InChI is InChI=1S/C17H18ClN3/c18-11-4-2-1-3-10(11)14-16(20-21-17(14)19)15-12-8-5-6-9(7-8)13(12)15/h1-4,8-9,12-13,15H,5-7H2,(H3,19,20,21). The highest BCUT2D eigenvalue weighted by Crippen LogP contribution is 2.73. The number of anilines is 1. The van der Waals surface area contributed by atoms with Gasteiger partial charge < -0.3 is 5.73 Å². The molecule has 1 heterocycles. The van der Waals surface area contributed by atoms with Crippen molar-refractivity contribution in [3.05, 3.63) is 35.0 Å². The maximum Gasteiger partial charge on any atom is 0.153 e. The molecule has 2 bridgehead atoms. The van der Waals surface area contributed by atoms with Crippen LogP contribution in [-0.2, 0) is 0 Å². The maximum absolute atomic E-state index is 6.38. The highest BCUT2D eigenvalue weighted by Gasteiger charge is 2.66. The summed E-state index contributed by atoms with van der Waals surface area (Å²) >= 11 is 6.38. The lowest BCUT2D eigenvalue weighted by atomic mass is 9.96. The molecule has 2 aromatic rings. The van der Waals surface area contributed by atoms with Crippen LogP contribution in [0.1, 0.15) is 30.9 Å². The molecule has 3 saturated carbocycles. The molecule has 1 aromatic carbocycles. The third-order valence-corrected chi connectivity index (χ3v) is 6.36. The topological polar surface area (TPSA) is 54.7 Å². The van der Waals surface area contributed by atoms with E-state index in [1.165, 1.54) is 25.0 Å². The number of nitrogens with zero attached hydrogens (tertiary/aromatic N) is 1. The number of rotatable bonds is 2. The summed E-state index contributed by atoms with van der Waals surface area (Å²) in [6.07, 6.45) is 4.30. The zero-order valence-electron chi connectivity index (χ0n) is 11.7. The molecular formula is C17H18ClN3. The van der Waals surface area contributed by atoms with Crippen LogP contribution in [0.2, 0.25) is 5.02 Å². The van der Waals surface area contributed by atoms with Crippen molar-refractivity contribution < 1.29 is 0 Å². The van der Waals surface area contributed by atoms with E-state index in [1.807, 2.05) is 24.3 Å². The summed E-state index contributed by atoms with van der Waals surface area (Å²) in [5, 5.41) is 8.26. The summed E-state index contributed by atoms with van der Waals surface area (Å²) in [4.78, 5) is 0. The predicted octanol–water partition coefficient (Wildman–Crippen LogP) is 4.07. The summed E-state index contributed by atoms with van der Waals surface area (Å²) in [6, 6.07) is 7.92. The van der Waals surface area contributed by atoms with Gasteiger partial charge in [0.2, 0.25) is 0 Å². The molecule has 4 unspecified atom stereocenters. The van der Waals surface area contributed by atoms with E-state index >= 15 is 0 Å². The van der Waals surface area contributed by atoms with Crippen LogP contribution < -0.4 is 5.73 Å². The van der Waals surface area contributed by atoms with Gasteiger partial charge in [-0.05, 0) is 49.0 Å². The van der Waals surface area contributed by atoms with Gasteiger partial charge in [0.25, 0.3) is 0 Å². The van der Waals surface area contributed by atoms with E-state index < -0.39 is 0 Å². The van der Waals surface area contributed by atoms with Gasteiger partial charge in [-0.2, -0.15) is 5.10 Å². The number of nitrogen functional groups attached to an aromatic ring is 1. The first-order chi connectivity index (χ1) is 10.3. The summed E-state index contributed by atoms with van der Waals surface area (Å²) < 4.78 is 0. The predicted molar refractivity (Wildman–Crippen MR) is 84.0 cm³/mol. The number of benzene rings is 1. The SMILES string of the molecule is Nc1n[nH]c(C2C3C4CCC(C4)C23)c1-c1ccccc1Cl. The molecule has 4 heteroatoms. The van der Waals surface area contributed by atoms with Crippen LogP contribution in [0.3, 0.4) is 0 Å². The molecular weight excluding hydrogens is 282 g/mol. The van der Waals surface area contributed by atoms with Gasteiger partial charge in [-0.1, -0.05) is 29.8 Å². The van der Waals surface area contributed by atoms with Gasteiger partial charge in [0, 0.05) is 27.8 Å². The lowest BCUT2D eigenvalue weighted by Crippen LogP contribution is -1.99. The number of hydrogen-bond donors (Lipinski definition) is 2. The number of halogens is 1. The number of H-pyrrole nitrogens is 1. The van der Waals surface area contributed by atoms with E-state index in [9.17, 15) is 0 Å². The number of fused-ring (bicyclic) bond motifs is 5. The fourth-order valence-corrected chi connectivity index (χ4v) is 5.50. The highest BCUT2D eigenvalue weighted by atomic mass is 35.5. The van der Waals surface area contributed by atoms with Gasteiger partial charge >= 0.3 is 0 Å². The van der Waals surface area contributed by atoms with E-state index in [1.54, 1.807) is 0 Å². The highest BCUT2D eigenvalue weighted by molar-refractivity contribution is 6.33. The Morgan fingerprint density at radius 3 is 2.57 bits per heavy atom. The second-order valence-corrected chi connectivity index (χ2v) is 7.30. The van der Waals surface area contributed by atoms with E-state index in [-0.39, 0.29) is 0 Å². The van der Waals surface area contributed by atoms with Crippen molar-refractivity contribution in [1.29, 1.82) is 0 Å². The Hall–Kier alpha value is -1.48. The first kappa shape index (κ1) is 12.1. The van der Waals surface area contributed by atoms with Crippen molar-refractivity contribution in [3.8, 4) is 11.1 Å². The number of nitrogens with one attached hydrogen (secondary N) is 1. The van der Waals surface area contributed by atoms with Gasteiger partial charge in [0.15, 0.2) is 5.82 Å². The Bertz CT molecular complexity index is 707. The third-order valence-electron chi connectivity index (χ3n) is 6.03. The van der Waals surface area contributed by atoms with Crippen LogP contribution in [0.5, 0.6) is 0 Å². The zero-order valence-corrected chi connectivity index (χ0v) is 12.5. The molecule has 0 spiro atoms. The first-order valence-electron chi connectivity index (χ1n) is 7.84. The molecule has 4 atom stereocenters. The van der Waals surface area contributed by atoms with Crippen molar-refractivity contribution in [2.24, 2.45) is 23.7 Å². The average molecular weight is 300 g/mol. The summed E-state index contributed by atoms with van der Waals surface area (Å²) in [5.41, 5.74) is 9.42. The van der Waals surface area contributed by atoms with Crippen molar-refractivity contribution in [2.45, 2.75) is 25.2 Å². The maximum atomic E-state index is 6.38. The molecule has 0 amide bonds. The van der Waals surface area contributed by atoms with Gasteiger partial charge in [0.05, 0.1) is 0 Å². The second kappa shape index (κ2) is 4.04. The molecule has 3 N–H and O–H groups in total. The molecule has 21 heavy (non-hydrogen) atoms. The number of hydrogen-bond acceptors (Lipinski definition) is 2. The van der Waals surface area contributed by atoms with E-state index in [0.717, 1.165) is 39.8 Å². The Balaban J connectivity index is 1.60. The van der Waals surface area contributed by atoms with Crippen molar-refractivity contribution in [2.75, 3.05) is 5.73 Å². The fourth-order valence-electron chi connectivity index (χ4n) is 5.27. The van der Waals surface area contributed by atoms with E-state index in [4.69, 9.17) is 17.3 Å². The fraction of sp³-hybridized carbons (Fsp3) is 0.471. The Morgan fingerprint density at radius 1 is 1.14 bits per heavy atom. The molecule has 108 valence electrons. The molecule has 3 nitrogen and oxygen atoms in total. The summed E-state index contributed by atoms with van der Waals surface area (Å²) in [7, 11) is 0. The van der Waals surface area contributed by atoms with Crippen LogP contribution in [-0.4, -0.2) is 10.2 Å². The molecule has 0 aliphatic heterocycles. The van der Waals surface area contributed by atoms with E-state index in [0.29, 0.717) is 11.7 Å². The number of nitrogens with two attached hydrogens (primary N) is 1. The van der Waals surface area contributed by atoms with Gasteiger partial charge in [-0.25, -0.2) is 0 Å². The molecule has 3 aliphatic carbocycles. The summed E-state index contributed by atoms with van der Waals surface area (Å²) in [5.74, 6) is 4.82. The largest absolute Gasteiger partial charge is 0.382 e. The minimum atomic E-state index is 0.579. The Labute approximate surface area is 128 Å². The van der Waals surface area contributed by atoms with Crippen LogP contribution in [0.15, 0.2) is 24.3 Å². The zero-order chi connectivity index (χ0) is 14.1. The minimum absolute atomic E-state index is 0.579. The molecule has 0 radical (unpaired) electrons. The molecule has 0 saturated heterocycles. The van der Waals surface area contributed by atoms with Crippen LogP contribution in [0.25, 0.3) is 11.1 Å². The third kappa shape index (κ3) is 1.53. The average Bonchev–Trinajstić information content (AvgIpc) is 2.81. The number of aromatic amines is 1. The normalized spacial score (nSPS) is 36.0. The van der Waals surface area contributed by atoms with Gasteiger partial charge in [-0.3, -0.25) is 5.10 Å². The van der Waals surface area contributed by atoms with Crippen LogP contribution in [0.4, 0.5) is 5.82 Å². The monoisotopic (exact) mass is 299 g/mol. The molecule has 3 aliphatic rings. The van der Waals surface area contributed by atoms with Gasteiger partial charge in [0.1, 0.15) is 0 Å². The first-order valence-corrected chi connectivity index (χ1v) is 8.22. The summed E-state index contributed by atoms with van der Waals surface area (Å²) in [6.45, 7) is 0. The van der Waals surface area contributed by atoms with Gasteiger partial charge in [-0.15, -0.1) is 0 Å². The Morgan fingerprint density at radius 2 is 1.86 bits per heavy atom. The Kier molecular flexibility index (Phi) is 2.33.